The van der Waals surface area contributed by atoms with Gasteiger partial charge in [0.05, 0.1) is 11.0 Å². The van der Waals surface area contributed by atoms with E-state index in [-0.39, 0.29) is 11.4 Å². The number of nitrogens with zero attached hydrogens (tertiary/aromatic N) is 2. The Morgan fingerprint density at radius 1 is 1.47 bits per heavy atom. The van der Waals surface area contributed by atoms with Gasteiger partial charge in [-0.1, -0.05) is 6.92 Å². The van der Waals surface area contributed by atoms with Crippen molar-refractivity contribution in [1.29, 1.82) is 0 Å². The molecular weight excluding hydrogens is 242 g/mol. The molecule has 1 aliphatic rings. The van der Waals surface area contributed by atoms with Crippen LogP contribution in [0, 0.1) is 0 Å². The van der Waals surface area contributed by atoms with Crippen LogP contribution in [0.2, 0.25) is 0 Å². The van der Waals surface area contributed by atoms with Gasteiger partial charge in [-0.25, -0.2) is 4.79 Å². The molecule has 5 nitrogen and oxygen atoms in total. The van der Waals surface area contributed by atoms with E-state index in [0.717, 1.165) is 31.6 Å². The first-order chi connectivity index (χ1) is 9.19. The number of aromatic nitrogens is 2. The lowest BCUT2D eigenvalue weighted by atomic mass is 10.2. The van der Waals surface area contributed by atoms with Crippen molar-refractivity contribution in [1.82, 2.24) is 14.5 Å². The van der Waals surface area contributed by atoms with E-state index in [4.69, 9.17) is 0 Å². The molecule has 0 spiro atoms. The number of phenols is 1. The Kier molecular flexibility index (Phi) is 3.06. The van der Waals surface area contributed by atoms with Crippen molar-refractivity contribution in [2.75, 3.05) is 13.1 Å². The summed E-state index contributed by atoms with van der Waals surface area (Å²) in [5.41, 5.74) is 1.47. The molecule has 1 unspecified atom stereocenters. The first-order valence-electron chi connectivity index (χ1n) is 6.84. The molecule has 1 saturated heterocycles. The largest absolute Gasteiger partial charge is 0.508 e. The number of hydrogen-bond acceptors (Lipinski definition) is 3. The SMILES string of the molecule is CCN1CCCC1Cn1c(=O)[nH]c2cc(O)ccc21. The monoisotopic (exact) mass is 261 g/mol. The smallest absolute Gasteiger partial charge is 0.326 e. The maximum Gasteiger partial charge on any atom is 0.326 e. The summed E-state index contributed by atoms with van der Waals surface area (Å²) in [4.78, 5) is 17.3. The molecule has 102 valence electrons. The fourth-order valence-electron chi connectivity index (χ4n) is 3.06. The van der Waals surface area contributed by atoms with Crippen molar-refractivity contribution in [2.24, 2.45) is 0 Å². The van der Waals surface area contributed by atoms with Crippen molar-refractivity contribution >= 4 is 11.0 Å². The van der Waals surface area contributed by atoms with Crippen LogP contribution >= 0.6 is 0 Å². The maximum atomic E-state index is 12.0. The van der Waals surface area contributed by atoms with E-state index in [0.29, 0.717) is 11.6 Å². The van der Waals surface area contributed by atoms with Crippen LogP contribution in [-0.4, -0.2) is 38.7 Å². The highest BCUT2D eigenvalue weighted by atomic mass is 16.3. The van der Waals surface area contributed by atoms with Crippen LogP contribution in [0.15, 0.2) is 23.0 Å². The minimum absolute atomic E-state index is 0.0939. The second-order valence-electron chi connectivity index (χ2n) is 5.17. The summed E-state index contributed by atoms with van der Waals surface area (Å²) in [7, 11) is 0. The van der Waals surface area contributed by atoms with E-state index < -0.39 is 0 Å². The summed E-state index contributed by atoms with van der Waals surface area (Å²) in [6.45, 7) is 5.04. The molecule has 1 aromatic heterocycles. The van der Waals surface area contributed by atoms with Gasteiger partial charge in [-0.2, -0.15) is 0 Å². The number of hydrogen-bond donors (Lipinski definition) is 2. The Hall–Kier alpha value is -1.75. The van der Waals surface area contributed by atoms with Crippen molar-refractivity contribution < 1.29 is 5.11 Å². The van der Waals surface area contributed by atoms with E-state index >= 15 is 0 Å². The molecule has 0 radical (unpaired) electrons. The third kappa shape index (κ3) is 2.14. The van der Waals surface area contributed by atoms with Crippen LogP contribution in [0.1, 0.15) is 19.8 Å². The van der Waals surface area contributed by atoms with Gasteiger partial charge in [-0.05, 0) is 38.1 Å². The average Bonchev–Trinajstić information content (AvgIpc) is 2.95. The summed E-state index contributed by atoms with van der Waals surface area (Å²) in [5, 5.41) is 9.46. The molecule has 3 rings (SSSR count). The lowest BCUT2D eigenvalue weighted by Crippen LogP contribution is -2.35. The third-order valence-electron chi connectivity index (χ3n) is 4.06. The molecule has 2 N–H and O–H groups in total. The van der Waals surface area contributed by atoms with Crippen molar-refractivity contribution in [3.05, 3.63) is 28.7 Å². The first-order valence-corrected chi connectivity index (χ1v) is 6.84. The van der Waals surface area contributed by atoms with E-state index in [1.807, 2.05) is 0 Å². The van der Waals surface area contributed by atoms with Crippen molar-refractivity contribution in [3.8, 4) is 5.75 Å². The number of H-pyrrole nitrogens is 1. The summed E-state index contributed by atoms with van der Waals surface area (Å²) in [5.74, 6) is 0.178. The highest BCUT2D eigenvalue weighted by Gasteiger charge is 2.24. The Bertz CT molecular complexity index is 644. The molecule has 19 heavy (non-hydrogen) atoms. The van der Waals surface area contributed by atoms with E-state index in [9.17, 15) is 9.90 Å². The summed E-state index contributed by atoms with van der Waals surface area (Å²) < 4.78 is 1.79. The number of likely N-dealkylation sites (N-methyl/N-ethyl adjacent to an activating group) is 1. The van der Waals surface area contributed by atoms with Crippen LogP contribution in [0.25, 0.3) is 11.0 Å². The topological polar surface area (TPSA) is 61.3 Å². The number of rotatable bonds is 3. The minimum atomic E-state index is -0.0939. The molecule has 1 atom stereocenters. The van der Waals surface area contributed by atoms with Gasteiger partial charge < -0.3 is 10.1 Å². The Morgan fingerprint density at radius 3 is 3.11 bits per heavy atom. The zero-order valence-corrected chi connectivity index (χ0v) is 11.1. The van der Waals surface area contributed by atoms with Crippen LogP contribution in [-0.2, 0) is 6.54 Å². The lowest BCUT2D eigenvalue weighted by molar-refractivity contribution is 0.244. The predicted octanol–water partition coefficient (Wildman–Crippen LogP) is 1.52. The number of likely N-dealkylation sites (tertiary alicyclic amines) is 1. The minimum Gasteiger partial charge on any atom is -0.508 e. The van der Waals surface area contributed by atoms with Crippen LogP contribution < -0.4 is 5.69 Å². The maximum absolute atomic E-state index is 12.0. The molecule has 1 aromatic carbocycles. The summed E-state index contributed by atoms with van der Waals surface area (Å²) >= 11 is 0. The fourth-order valence-corrected chi connectivity index (χ4v) is 3.06. The lowest BCUT2D eigenvalue weighted by Gasteiger charge is -2.22. The molecule has 0 aliphatic carbocycles. The average molecular weight is 261 g/mol. The van der Waals surface area contributed by atoms with Crippen molar-refractivity contribution in [3.63, 3.8) is 0 Å². The van der Waals surface area contributed by atoms with Gasteiger partial charge in [0.2, 0.25) is 0 Å². The number of phenolic OH excluding ortho intramolecular Hbond substituents is 1. The predicted molar refractivity (Wildman–Crippen MR) is 74.5 cm³/mol. The zero-order valence-electron chi connectivity index (χ0n) is 11.1. The Balaban J connectivity index is 1.96. The van der Waals surface area contributed by atoms with Gasteiger partial charge in [0.1, 0.15) is 5.75 Å². The van der Waals surface area contributed by atoms with Crippen LogP contribution in [0.5, 0.6) is 5.75 Å². The molecule has 0 saturated carbocycles. The van der Waals surface area contributed by atoms with E-state index in [2.05, 4.69) is 16.8 Å². The number of fused-ring (bicyclic) bond motifs is 1. The first kappa shape index (κ1) is 12.3. The van der Waals surface area contributed by atoms with Gasteiger partial charge in [-0.3, -0.25) is 9.47 Å². The molecule has 2 heterocycles. The Labute approximate surface area is 111 Å². The number of imidazole rings is 1. The number of nitrogens with one attached hydrogen (secondary N) is 1. The van der Waals surface area contributed by atoms with Crippen molar-refractivity contribution in [2.45, 2.75) is 32.4 Å². The summed E-state index contributed by atoms with van der Waals surface area (Å²) in [6, 6.07) is 5.46. The Morgan fingerprint density at radius 2 is 2.32 bits per heavy atom. The molecule has 0 bridgehead atoms. The number of benzene rings is 1. The molecule has 5 heteroatoms. The second-order valence-corrected chi connectivity index (χ2v) is 5.17. The van der Waals surface area contributed by atoms with Gasteiger partial charge in [0, 0.05) is 18.7 Å². The molecule has 2 aromatic rings. The normalized spacial score (nSPS) is 20.4. The molecule has 1 fully saturated rings. The second kappa shape index (κ2) is 4.74. The fraction of sp³-hybridized carbons (Fsp3) is 0.500. The highest BCUT2D eigenvalue weighted by Crippen LogP contribution is 2.21. The van der Waals surface area contributed by atoms with E-state index in [1.165, 1.54) is 6.42 Å². The third-order valence-corrected chi connectivity index (χ3v) is 4.06. The van der Waals surface area contributed by atoms with Crippen LogP contribution in [0.4, 0.5) is 0 Å². The van der Waals surface area contributed by atoms with Gasteiger partial charge in [-0.15, -0.1) is 0 Å². The molecule has 1 aliphatic heterocycles. The van der Waals surface area contributed by atoms with Gasteiger partial charge >= 0.3 is 5.69 Å². The zero-order chi connectivity index (χ0) is 13.4. The summed E-state index contributed by atoms with van der Waals surface area (Å²) in [6.07, 6.45) is 2.35. The standard InChI is InChI=1S/C14H19N3O2/c1-2-16-7-3-4-10(16)9-17-13-6-5-11(18)8-12(13)15-14(17)19/h5-6,8,10,18H,2-4,7,9H2,1H3,(H,15,19). The quantitative estimate of drug-likeness (QED) is 0.880. The van der Waals surface area contributed by atoms with Gasteiger partial charge in [0.15, 0.2) is 0 Å². The number of aromatic amines is 1. The number of aromatic hydroxyl groups is 1. The van der Waals surface area contributed by atoms with E-state index in [1.54, 1.807) is 22.8 Å². The molecular formula is C14H19N3O2. The highest BCUT2D eigenvalue weighted by molar-refractivity contribution is 5.76. The van der Waals surface area contributed by atoms with Gasteiger partial charge in [0.25, 0.3) is 0 Å². The van der Waals surface area contributed by atoms with Crippen LogP contribution in [0.3, 0.4) is 0 Å². The molecule has 0 amide bonds.